The Balaban J connectivity index is 2.52. The van der Waals surface area contributed by atoms with Crippen molar-refractivity contribution in [2.45, 2.75) is 39.5 Å². The minimum absolute atomic E-state index is 0.292. The van der Waals surface area contributed by atoms with Crippen LogP contribution in [0.1, 0.15) is 39.5 Å². The van der Waals surface area contributed by atoms with Crippen LogP contribution in [-0.2, 0) is 0 Å². The SMILES string of the molecule is CCC(CC)(CO)C1CC1. The summed E-state index contributed by atoms with van der Waals surface area (Å²) in [7, 11) is 0. The van der Waals surface area contributed by atoms with Gasteiger partial charge in [0.1, 0.15) is 0 Å². The van der Waals surface area contributed by atoms with Crippen molar-refractivity contribution in [1.82, 2.24) is 0 Å². The van der Waals surface area contributed by atoms with Crippen LogP contribution in [0.25, 0.3) is 0 Å². The Morgan fingerprint density at radius 1 is 1.30 bits per heavy atom. The lowest BCUT2D eigenvalue weighted by atomic mass is 9.78. The molecule has 0 aromatic carbocycles. The third-order valence-corrected chi connectivity index (χ3v) is 3.17. The fourth-order valence-electron chi connectivity index (χ4n) is 1.88. The first kappa shape index (κ1) is 8.06. The molecule has 0 amide bonds. The Morgan fingerprint density at radius 3 is 1.90 bits per heavy atom. The van der Waals surface area contributed by atoms with Gasteiger partial charge in [0.15, 0.2) is 0 Å². The first-order chi connectivity index (χ1) is 4.79. The first-order valence-corrected chi connectivity index (χ1v) is 4.40. The van der Waals surface area contributed by atoms with Crippen LogP contribution in [0, 0.1) is 11.3 Å². The summed E-state index contributed by atoms with van der Waals surface area (Å²) in [5.74, 6) is 0.840. The quantitative estimate of drug-likeness (QED) is 0.638. The van der Waals surface area contributed by atoms with Gasteiger partial charge in [-0.2, -0.15) is 0 Å². The molecule has 1 N–H and O–H groups in total. The molecule has 1 fully saturated rings. The van der Waals surface area contributed by atoms with Gasteiger partial charge in [0, 0.05) is 6.61 Å². The Labute approximate surface area is 63.4 Å². The molecule has 1 rings (SSSR count). The van der Waals surface area contributed by atoms with Gasteiger partial charge in [-0.05, 0) is 37.0 Å². The van der Waals surface area contributed by atoms with Gasteiger partial charge >= 0.3 is 0 Å². The molecule has 60 valence electrons. The van der Waals surface area contributed by atoms with Gasteiger partial charge in [-0.15, -0.1) is 0 Å². The van der Waals surface area contributed by atoms with Crippen molar-refractivity contribution in [2.75, 3.05) is 6.61 Å². The fourth-order valence-corrected chi connectivity index (χ4v) is 1.88. The lowest BCUT2D eigenvalue weighted by Crippen LogP contribution is -2.25. The monoisotopic (exact) mass is 142 g/mol. The highest BCUT2D eigenvalue weighted by Gasteiger charge is 2.41. The van der Waals surface area contributed by atoms with Crippen molar-refractivity contribution in [3.05, 3.63) is 0 Å². The number of hydrogen-bond acceptors (Lipinski definition) is 1. The van der Waals surface area contributed by atoms with Crippen LogP contribution in [0.3, 0.4) is 0 Å². The number of hydrogen-bond donors (Lipinski definition) is 1. The third-order valence-electron chi connectivity index (χ3n) is 3.17. The molecule has 0 radical (unpaired) electrons. The molecular weight excluding hydrogens is 124 g/mol. The van der Waals surface area contributed by atoms with E-state index >= 15 is 0 Å². The van der Waals surface area contributed by atoms with Gasteiger partial charge in [-0.1, -0.05) is 13.8 Å². The number of aliphatic hydroxyl groups is 1. The maximum absolute atomic E-state index is 9.19. The molecule has 1 nitrogen and oxygen atoms in total. The van der Waals surface area contributed by atoms with E-state index in [4.69, 9.17) is 0 Å². The topological polar surface area (TPSA) is 20.2 Å². The minimum Gasteiger partial charge on any atom is -0.396 e. The van der Waals surface area contributed by atoms with Crippen LogP contribution >= 0.6 is 0 Å². The summed E-state index contributed by atoms with van der Waals surface area (Å²) < 4.78 is 0. The average Bonchev–Trinajstić information content (AvgIpc) is 2.77. The van der Waals surface area contributed by atoms with Gasteiger partial charge in [0.25, 0.3) is 0 Å². The van der Waals surface area contributed by atoms with Crippen molar-refractivity contribution in [3.63, 3.8) is 0 Å². The molecular formula is C9H18O. The van der Waals surface area contributed by atoms with E-state index in [1.54, 1.807) is 0 Å². The lowest BCUT2D eigenvalue weighted by Gasteiger charge is -2.29. The standard InChI is InChI=1S/C9H18O/c1-3-9(4-2,7-10)8-5-6-8/h8,10H,3-7H2,1-2H3. The van der Waals surface area contributed by atoms with Gasteiger partial charge in [-0.25, -0.2) is 0 Å². The zero-order valence-electron chi connectivity index (χ0n) is 7.06. The number of aliphatic hydroxyl groups excluding tert-OH is 1. The predicted molar refractivity (Wildman–Crippen MR) is 42.8 cm³/mol. The van der Waals surface area contributed by atoms with Crippen LogP contribution in [0.15, 0.2) is 0 Å². The molecule has 1 aliphatic rings. The summed E-state index contributed by atoms with van der Waals surface area (Å²) in [6, 6.07) is 0. The molecule has 0 unspecified atom stereocenters. The molecule has 0 aromatic rings. The molecule has 0 spiro atoms. The van der Waals surface area contributed by atoms with Crippen molar-refractivity contribution in [2.24, 2.45) is 11.3 Å². The highest BCUT2D eigenvalue weighted by atomic mass is 16.3. The van der Waals surface area contributed by atoms with Crippen molar-refractivity contribution in [1.29, 1.82) is 0 Å². The summed E-state index contributed by atoms with van der Waals surface area (Å²) in [6.45, 7) is 4.78. The second-order valence-electron chi connectivity index (χ2n) is 3.50. The fraction of sp³-hybridized carbons (Fsp3) is 1.00. The highest BCUT2D eigenvalue weighted by molar-refractivity contribution is 4.91. The predicted octanol–water partition coefficient (Wildman–Crippen LogP) is 2.20. The third kappa shape index (κ3) is 1.20. The van der Waals surface area contributed by atoms with E-state index in [0.29, 0.717) is 12.0 Å². The molecule has 0 aliphatic heterocycles. The molecule has 1 aliphatic carbocycles. The van der Waals surface area contributed by atoms with Crippen LogP contribution in [0.4, 0.5) is 0 Å². The second-order valence-corrected chi connectivity index (χ2v) is 3.50. The lowest BCUT2D eigenvalue weighted by molar-refractivity contribution is 0.0921. The molecule has 1 heteroatoms. The van der Waals surface area contributed by atoms with Crippen LogP contribution < -0.4 is 0 Å². The van der Waals surface area contributed by atoms with Crippen LogP contribution in [-0.4, -0.2) is 11.7 Å². The van der Waals surface area contributed by atoms with Gasteiger partial charge in [0.05, 0.1) is 0 Å². The highest BCUT2D eigenvalue weighted by Crippen LogP contribution is 2.49. The van der Waals surface area contributed by atoms with Gasteiger partial charge in [0.2, 0.25) is 0 Å². The first-order valence-electron chi connectivity index (χ1n) is 4.40. The summed E-state index contributed by atoms with van der Waals surface area (Å²) in [5, 5.41) is 9.19. The van der Waals surface area contributed by atoms with Crippen molar-refractivity contribution in [3.8, 4) is 0 Å². The smallest absolute Gasteiger partial charge is 0.0489 e. The van der Waals surface area contributed by atoms with E-state index in [1.807, 2.05) is 0 Å². The molecule has 0 bridgehead atoms. The Bertz CT molecular complexity index is 93.0. The molecule has 0 saturated heterocycles. The van der Waals surface area contributed by atoms with Gasteiger partial charge in [-0.3, -0.25) is 0 Å². The van der Waals surface area contributed by atoms with Crippen molar-refractivity contribution >= 4 is 0 Å². The van der Waals surface area contributed by atoms with E-state index in [-0.39, 0.29) is 0 Å². The summed E-state index contributed by atoms with van der Waals surface area (Å²) >= 11 is 0. The summed E-state index contributed by atoms with van der Waals surface area (Å²) in [5.41, 5.74) is 0.292. The van der Waals surface area contributed by atoms with Crippen molar-refractivity contribution < 1.29 is 5.11 Å². The van der Waals surface area contributed by atoms with Crippen LogP contribution in [0.2, 0.25) is 0 Å². The largest absolute Gasteiger partial charge is 0.396 e. The van der Waals surface area contributed by atoms with E-state index in [1.165, 1.54) is 12.8 Å². The summed E-state index contributed by atoms with van der Waals surface area (Å²) in [4.78, 5) is 0. The molecule has 0 aromatic heterocycles. The molecule has 0 heterocycles. The van der Waals surface area contributed by atoms with E-state index in [2.05, 4.69) is 13.8 Å². The average molecular weight is 142 g/mol. The second kappa shape index (κ2) is 2.91. The molecule has 0 atom stereocenters. The zero-order chi connectivity index (χ0) is 7.61. The van der Waals surface area contributed by atoms with Crippen LogP contribution in [0.5, 0.6) is 0 Å². The summed E-state index contributed by atoms with van der Waals surface area (Å²) in [6.07, 6.45) is 4.99. The Kier molecular flexibility index (Phi) is 2.35. The molecule has 1 saturated carbocycles. The molecule has 10 heavy (non-hydrogen) atoms. The maximum Gasteiger partial charge on any atom is 0.0489 e. The maximum atomic E-state index is 9.19. The Hall–Kier alpha value is -0.0400. The van der Waals surface area contributed by atoms with E-state index < -0.39 is 0 Å². The van der Waals surface area contributed by atoms with E-state index in [9.17, 15) is 5.11 Å². The minimum atomic E-state index is 0.292. The number of rotatable bonds is 4. The Morgan fingerprint density at radius 2 is 1.80 bits per heavy atom. The zero-order valence-corrected chi connectivity index (χ0v) is 7.06. The normalized spacial score (nSPS) is 19.5. The van der Waals surface area contributed by atoms with Gasteiger partial charge < -0.3 is 5.11 Å². The van der Waals surface area contributed by atoms with E-state index in [0.717, 1.165) is 18.8 Å².